The van der Waals surface area contributed by atoms with Crippen LogP contribution in [0.4, 0.5) is 0 Å². The first-order chi connectivity index (χ1) is 14.8. The highest BCUT2D eigenvalue weighted by Crippen LogP contribution is 2.41. The van der Waals surface area contributed by atoms with Gasteiger partial charge in [0.25, 0.3) is 0 Å². The second-order valence-electron chi connectivity index (χ2n) is 7.46. The third-order valence-electron chi connectivity index (χ3n) is 5.34. The topological polar surface area (TPSA) is 166 Å². The zero-order valence-electron chi connectivity index (χ0n) is 16.2. The molecular formula is C21H22O10. The zero-order valence-corrected chi connectivity index (χ0v) is 16.2. The number of phenolic OH excluding ortho intramolecular Hbond substituents is 2. The summed E-state index contributed by atoms with van der Waals surface area (Å²) in [5.74, 6) is -0.550. The lowest BCUT2D eigenvalue weighted by Crippen LogP contribution is -2.60. The van der Waals surface area contributed by atoms with Crippen LogP contribution in [0.5, 0.6) is 23.0 Å². The van der Waals surface area contributed by atoms with Crippen molar-refractivity contribution in [2.45, 2.75) is 43.2 Å². The minimum Gasteiger partial charge on any atom is -0.508 e. The Bertz CT molecular complexity index is 957. The molecule has 1 fully saturated rings. The monoisotopic (exact) mass is 434 g/mol. The Morgan fingerprint density at radius 2 is 1.71 bits per heavy atom. The van der Waals surface area contributed by atoms with Crippen molar-refractivity contribution in [3.05, 3.63) is 47.5 Å². The summed E-state index contributed by atoms with van der Waals surface area (Å²) in [6, 6.07) is 8.68. The number of Topliss-reactive ketones (excluding diaryl/α,β-unsaturated/α-hetero) is 1. The Hall–Kier alpha value is -2.89. The summed E-state index contributed by atoms with van der Waals surface area (Å²) in [7, 11) is 0. The summed E-state index contributed by atoms with van der Waals surface area (Å²) in [5, 5.41) is 58.5. The predicted molar refractivity (Wildman–Crippen MR) is 103 cm³/mol. The summed E-state index contributed by atoms with van der Waals surface area (Å²) in [6.07, 6.45) is -7.63. The Morgan fingerprint density at radius 3 is 2.39 bits per heavy atom. The van der Waals surface area contributed by atoms with Crippen LogP contribution in [0.2, 0.25) is 0 Å². The molecule has 0 radical (unpaired) electrons. The quantitative estimate of drug-likeness (QED) is 0.385. The summed E-state index contributed by atoms with van der Waals surface area (Å²) in [4.78, 5) is 12.4. The lowest BCUT2D eigenvalue weighted by Gasteiger charge is -2.39. The second-order valence-corrected chi connectivity index (χ2v) is 7.46. The van der Waals surface area contributed by atoms with Gasteiger partial charge < -0.3 is 44.8 Å². The SMILES string of the molecule is O=C1C[C@@H](c2ccc(O[C@@H]3O[C@H](CO)[C@@H](O)[C@H](O)[C@H]3O)cc2)Oc2cc(O)cc(O)c21. The molecule has 0 spiro atoms. The molecule has 0 saturated carbocycles. The highest BCUT2D eigenvalue weighted by atomic mass is 16.7. The van der Waals surface area contributed by atoms with Crippen LogP contribution in [0.1, 0.15) is 28.4 Å². The van der Waals surface area contributed by atoms with Crippen LogP contribution in [0, 0.1) is 0 Å². The number of hydrogen-bond donors (Lipinski definition) is 6. The number of benzene rings is 2. The van der Waals surface area contributed by atoms with E-state index in [0.29, 0.717) is 5.56 Å². The minimum absolute atomic E-state index is 0.0156. The fourth-order valence-electron chi connectivity index (χ4n) is 3.67. The Labute approximate surface area is 176 Å². The van der Waals surface area contributed by atoms with Crippen LogP contribution < -0.4 is 9.47 Å². The van der Waals surface area contributed by atoms with Gasteiger partial charge in [0.1, 0.15) is 59.1 Å². The molecule has 2 aliphatic heterocycles. The molecule has 0 amide bonds. The van der Waals surface area contributed by atoms with E-state index in [-0.39, 0.29) is 40.8 Å². The van der Waals surface area contributed by atoms with E-state index >= 15 is 0 Å². The van der Waals surface area contributed by atoms with E-state index in [4.69, 9.17) is 14.2 Å². The van der Waals surface area contributed by atoms with Gasteiger partial charge in [0.15, 0.2) is 5.78 Å². The third-order valence-corrected chi connectivity index (χ3v) is 5.34. The molecule has 31 heavy (non-hydrogen) atoms. The molecule has 0 bridgehead atoms. The van der Waals surface area contributed by atoms with Gasteiger partial charge in [-0.3, -0.25) is 4.79 Å². The summed E-state index contributed by atoms with van der Waals surface area (Å²) in [5.41, 5.74) is 0.652. The minimum atomic E-state index is -1.55. The Kier molecular flexibility index (Phi) is 5.73. The van der Waals surface area contributed by atoms with E-state index in [1.165, 1.54) is 6.07 Å². The van der Waals surface area contributed by atoms with Gasteiger partial charge >= 0.3 is 0 Å². The molecule has 1 saturated heterocycles. The summed E-state index contributed by atoms with van der Waals surface area (Å²) < 4.78 is 16.6. The van der Waals surface area contributed by atoms with Crippen molar-refractivity contribution in [2.75, 3.05) is 6.61 Å². The van der Waals surface area contributed by atoms with Crippen molar-refractivity contribution in [1.82, 2.24) is 0 Å². The lowest BCUT2D eigenvalue weighted by molar-refractivity contribution is -0.277. The first kappa shape index (κ1) is 21.3. The van der Waals surface area contributed by atoms with E-state index in [9.17, 15) is 35.4 Å². The number of aromatic hydroxyl groups is 2. The molecular weight excluding hydrogens is 412 g/mol. The molecule has 2 heterocycles. The molecule has 0 aliphatic carbocycles. The fourth-order valence-corrected chi connectivity index (χ4v) is 3.67. The van der Waals surface area contributed by atoms with Crippen molar-refractivity contribution in [1.29, 1.82) is 0 Å². The molecule has 0 aromatic heterocycles. The van der Waals surface area contributed by atoms with Gasteiger partial charge in [-0.1, -0.05) is 12.1 Å². The number of ketones is 1. The Morgan fingerprint density at radius 1 is 1.00 bits per heavy atom. The smallest absolute Gasteiger partial charge is 0.229 e. The number of hydrogen-bond acceptors (Lipinski definition) is 10. The Balaban J connectivity index is 1.48. The molecule has 0 unspecified atom stereocenters. The van der Waals surface area contributed by atoms with E-state index in [1.807, 2.05) is 0 Å². The van der Waals surface area contributed by atoms with Crippen molar-refractivity contribution < 1.29 is 49.6 Å². The molecule has 166 valence electrons. The van der Waals surface area contributed by atoms with E-state index in [0.717, 1.165) is 6.07 Å². The third kappa shape index (κ3) is 4.03. The molecule has 4 rings (SSSR count). The summed E-state index contributed by atoms with van der Waals surface area (Å²) >= 11 is 0. The number of carbonyl (C=O) groups excluding carboxylic acids is 1. The van der Waals surface area contributed by atoms with Gasteiger partial charge in [0, 0.05) is 12.1 Å². The molecule has 6 atom stereocenters. The summed E-state index contributed by atoms with van der Waals surface area (Å²) in [6.45, 7) is -0.566. The van der Waals surface area contributed by atoms with Crippen molar-refractivity contribution in [3.8, 4) is 23.0 Å². The fraction of sp³-hybridized carbons (Fsp3) is 0.381. The van der Waals surface area contributed by atoms with E-state index in [1.54, 1.807) is 24.3 Å². The average molecular weight is 434 g/mol. The normalized spacial score (nSPS) is 30.4. The molecule has 10 nitrogen and oxygen atoms in total. The predicted octanol–water partition coefficient (Wildman–Crippen LogP) is -0.0170. The van der Waals surface area contributed by atoms with Crippen LogP contribution in [-0.2, 0) is 4.74 Å². The first-order valence-corrected chi connectivity index (χ1v) is 9.61. The maximum Gasteiger partial charge on any atom is 0.229 e. The number of ether oxygens (including phenoxy) is 3. The van der Waals surface area contributed by atoms with E-state index in [2.05, 4.69) is 0 Å². The average Bonchev–Trinajstić information content (AvgIpc) is 2.73. The molecule has 2 aliphatic rings. The number of aliphatic hydroxyl groups excluding tert-OH is 4. The standard InChI is InChI=1S/C21H22O10/c22-8-16-18(26)19(27)20(28)21(31-16)29-11-3-1-9(2-4-11)14-7-13(25)17-12(24)5-10(23)6-15(17)30-14/h1-6,14,16,18-24,26-28H,7-8H2/t14-,16+,18+,19-,20+,21+/m0/s1. The second kappa shape index (κ2) is 8.33. The van der Waals surface area contributed by atoms with Crippen molar-refractivity contribution in [3.63, 3.8) is 0 Å². The number of carbonyl (C=O) groups is 1. The van der Waals surface area contributed by atoms with Gasteiger partial charge in [0.05, 0.1) is 13.0 Å². The number of fused-ring (bicyclic) bond motifs is 1. The molecule has 2 aromatic rings. The van der Waals surface area contributed by atoms with Gasteiger partial charge in [-0.2, -0.15) is 0 Å². The lowest BCUT2D eigenvalue weighted by atomic mass is 9.95. The van der Waals surface area contributed by atoms with Crippen LogP contribution >= 0.6 is 0 Å². The first-order valence-electron chi connectivity index (χ1n) is 9.61. The zero-order chi connectivity index (χ0) is 22.3. The maximum absolute atomic E-state index is 12.4. The van der Waals surface area contributed by atoms with Gasteiger partial charge in [-0.25, -0.2) is 0 Å². The van der Waals surface area contributed by atoms with E-state index < -0.39 is 43.4 Å². The largest absolute Gasteiger partial charge is 0.508 e. The highest BCUT2D eigenvalue weighted by Gasteiger charge is 2.44. The van der Waals surface area contributed by atoms with Gasteiger partial charge in [0.2, 0.25) is 6.29 Å². The maximum atomic E-state index is 12.4. The number of phenols is 2. The van der Waals surface area contributed by atoms with Crippen molar-refractivity contribution >= 4 is 5.78 Å². The van der Waals surface area contributed by atoms with Crippen LogP contribution in [0.25, 0.3) is 0 Å². The molecule has 6 N–H and O–H groups in total. The van der Waals surface area contributed by atoms with Gasteiger partial charge in [-0.05, 0) is 17.7 Å². The van der Waals surface area contributed by atoms with Crippen molar-refractivity contribution in [2.24, 2.45) is 0 Å². The number of aliphatic hydroxyl groups is 4. The van der Waals surface area contributed by atoms with Crippen LogP contribution in [-0.4, -0.2) is 73.7 Å². The van der Waals surface area contributed by atoms with Crippen LogP contribution in [0.3, 0.4) is 0 Å². The number of rotatable bonds is 4. The van der Waals surface area contributed by atoms with Crippen LogP contribution in [0.15, 0.2) is 36.4 Å². The molecule has 2 aromatic carbocycles. The van der Waals surface area contributed by atoms with Gasteiger partial charge in [-0.15, -0.1) is 0 Å². The highest BCUT2D eigenvalue weighted by molar-refractivity contribution is 6.02. The molecule has 10 heteroatoms.